The molecule has 0 fully saturated rings. The third-order valence-corrected chi connectivity index (χ3v) is 3.55. The number of imidazole rings is 1. The van der Waals surface area contributed by atoms with Gasteiger partial charge in [0.05, 0.1) is 16.0 Å². The number of fused-ring (bicyclic) bond motifs is 1. The van der Waals surface area contributed by atoms with Crippen molar-refractivity contribution in [3.8, 4) is 11.1 Å². The van der Waals surface area contributed by atoms with E-state index in [1.807, 2.05) is 0 Å². The zero-order valence-electron chi connectivity index (χ0n) is 11.5. The highest BCUT2D eigenvalue weighted by molar-refractivity contribution is 5.94. The Morgan fingerprint density at radius 1 is 1.14 bits per heavy atom. The Morgan fingerprint density at radius 2 is 1.81 bits per heavy atom. The fraction of sp³-hybridized carbons (Fsp3) is 0.143. The van der Waals surface area contributed by atoms with Crippen molar-refractivity contribution in [3.63, 3.8) is 0 Å². The molecule has 0 bridgehead atoms. The molecule has 1 aromatic carbocycles. The molecule has 0 unspecified atom stereocenters. The number of nitro benzene ring substituents is 1. The molecule has 0 aliphatic rings. The molecular formula is C14H12N4O3. The lowest BCUT2D eigenvalue weighted by Crippen LogP contribution is -2.19. The first kappa shape index (κ1) is 13.0. The Bertz CT molecular complexity index is 909. The van der Waals surface area contributed by atoms with E-state index in [-0.39, 0.29) is 11.4 Å². The number of nitrogens with zero attached hydrogens (tertiary/aromatic N) is 4. The Labute approximate surface area is 119 Å². The van der Waals surface area contributed by atoms with Gasteiger partial charge >= 0.3 is 5.69 Å². The summed E-state index contributed by atoms with van der Waals surface area (Å²) in [6.45, 7) is 0. The second-order valence-electron chi connectivity index (χ2n) is 4.75. The van der Waals surface area contributed by atoms with Crippen molar-refractivity contribution in [3.05, 3.63) is 57.3 Å². The van der Waals surface area contributed by atoms with E-state index in [1.165, 1.54) is 21.3 Å². The summed E-state index contributed by atoms with van der Waals surface area (Å²) < 4.78 is 2.90. The third-order valence-electron chi connectivity index (χ3n) is 3.55. The minimum absolute atomic E-state index is 0.0458. The molecule has 0 radical (unpaired) electrons. The Kier molecular flexibility index (Phi) is 2.83. The fourth-order valence-corrected chi connectivity index (χ4v) is 2.49. The first-order valence-electron chi connectivity index (χ1n) is 6.25. The van der Waals surface area contributed by atoms with Gasteiger partial charge in [0.25, 0.3) is 5.69 Å². The fourth-order valence-electron chi connectivity index (χ4n) is 2.49. The molecular weight excluding hydrogens is 272 g/mol. The first-order valence-corrected chi connectivity index (χ1v) is 6.25. The zero-order chi connectivity index (χ0) is 15.1. The van der Waals surface area contributed by atoms with Crippen LogP contribution in [0.5, 0.6) is 0 Å². The third kappa shape index (κ3) is 1.90. The van der Waals surface area contributed by atoms with Gasteiger partial charge < -0.3 is 0 Å². The maximum absolute atomic E-state index is 12.1. The quantitative estimate of drug-likeness (QED) is 0.531. The number of non-ortho nitro benzene ring substituents is 1. The van der Waals surface area contributed by atoms with Gasteiger partial charge in [-0.05, 0) is 17.7 Å². The molecule has 2 aromatic heterocycles. The molecule has 21 heavy (non-hydrogen) atoms. The van der Waals surface area contributed by atoms with Crippen LogP contribution in [-0.2, 0) is 14.1 Å². The molecule has 0 amide bonds. The van der Waals surface area contributed by atoms with E-state index in [0.29, 0.717) is 16.6 Å². The Morgan fingerprint density at radius 3 is 2.43 bits per heavy atom. The monoisotopic (exact) mass is 284 g/mol. The Balaban J connectivity index is 2.50. The van der Waals surface area contributed by atoms with Crippen LogP contribution in [0.15, 0.2) is 41.5 Å². The average molecular weight is 284 g/mol. The number of benzene rings is 1. The second kappa shape index (κ2) is 4.55. The lowest BCUT2D eigenvalue weighted by molar-refractivity contribution is -0.384. The number of pyridine rings is 1. The summed E-state index contributed by atoms with van der Waals surface area (Å²) >= 11 is 0. The zero-order valence-corrected chi connectivity index (χ0v) is 11.5. The molecule has 0 aliphatic heterocycles. The smallest absolute Gasteiger partial charge is 0.295 e. The van der Waals surface area contributed by atoms with Gasteiger partial charge in [-0.3, -0.25) is 24.2 Å². The normalized spacial score (nSPS) is 11.0. The molecule has 106 valence electrons. The van der Waals surface area contributed by atoms with Gasteiger partial charge in [0.1, 0.15) is 0 Å². The highest BCUT2D eigenvalue weighted by atomic mass is 16.6. The molecule has 0 N–H and O–H groups in total. The minimum atomic E-state index is -0.457. The van der Waals surface area contributed by atoms with E-state index in [0.717, 1.165) is 5.56 Å². The van der Waals surface area contributed by atoms with Crippen LogP contribution in [0, 0.1) is 10.1 Å². The van der Waals surface area contributed by atoms with Crippen molar-refractivity contribution in [2.75, 3.05) is 0 Å². The van der Waals surface area contributed by atoms with Gasteiger partial charge in [-0.15, -0.1) is 0 Å². The van der Waals surface area contributed by atoms with Crippen LogP contribution in [0.4, 0.5) is 5.69 Å². The van der Waals surface area contributed by atoms with E-state index >= 15 is 0 Å². The Hall–Kier alpha value is -2.96. The molecule has 0 saturated carbocycles. The summed E-state index contributed by atoms with van der Waals surface area (Å²) in [5, 5.41) is 11.1. The molecule has 3 aromatic rings. The highest BCUT2D eigenvalue weighted by Crippen LogP contribution is 2.31. The molecule has 7 heteroatoms. The van der Waals surface area contributed by atoms with E-state index in [2.05, 4.69) is 4.98 Å². The van der Waals surface area contributed by atoms with Gasteiger partial charge in [0.15, 0.2) is 0 Å². The van der Waals surface area contributed by atoms with Gasteiger partial charge in [0.2, 0.25) is 0 Å². The second-order valence-corrected chi connectivity index (χ2v) is 4.75. The van der Waals surface area contributed by atoms with Crippen molar-refractivity contribution in [1.29, 1.82) is 0 Å². The van der Waals surface area contributed by atoms with Crippen molar-refractivity contribution in [1.82, 2.24) is 14.1 Å². The summed E-state index contributed by atoms with van der Waals surface area (Å²) in [7, 11) is 3.26. The minimum Gasteiger partial charge on any atom is -0.295 e. The summed E-state index contributed by atoms with van der Waals surface area (Å²) in [6.07, 6.45) is 3.22. The predicted molar refractivity (Wildman–Crippen MR) is 78.0 cm³/mol. The number of hydrogen-bond acceptors (Lipinski definition) is 4. The summed E-state index contributed by atoms with van der Waals surface area (Å²) in [5.41, 5.74) is 2.35. The summed E-state index contributed by atoms with van der Waals surface area (Å²) in [6, 6.07) is 6.42. The molecule has 0 atom stereocenters. The van der Waals surface area contributed by atoms with Crippen molar-refractivity contribution < 1.29 is 4.92 Å². The van der Waals surface area contributed by atoms with Crippen LogP contribution < -0.4 is 5.69 Å². The predicted octanol–water partition coefficient (Wildman–Crippen LogP) is 1.85. The van der Waals surface area contributed by atoms with Gasteiger partial charge in [0, 0.05) is 44.2 Å². The SMILES string of the molecule is Cn1c(=O)n(C)c2c(-c3ccncc3)cc([N+](=O)[O-])cc21. The van der Waals surface area contributed by atoms with E-state index in [9.17, 15) is 14.9 Å². The number of nitro groups is 1. The molecule has 2 heterocycles. The summed E-state index contributed by atoms with van der Waals surface area (Å²) in [5.74, 6) is 0. The van der Waals surface area contributed by atoms with Crippen LogP contribution >= 0.6 is 0 Å². The van der Waals surface area contributed by atoms with Crippen molar-refractivity contribution >= 4 is 16.7 Å². The number of aromatic nitrogens is 3. The van der Waals surface area contributed by atoms with Gasteiger partial charge in [-0.1, -0.05) is 0 Å². The maximum atomic E-state index is 12.1. The molecule has 0 saturated heterocycles. The number of hydrogen-bond donors (Lipinski definition) is 0. The van der Waals surface area contributed by atoms with Crippen molar-refractivity contribution in [2.45, 2.75) is 0 Å². The molecule has 7 nitrogen and oxygen atoms in total. The first-order chi connectivity index (χ1) is 10.0. The van der Waals surface area contributed by atoms with Crippen LogP contribution in [0.3, 0.4) is 0 Å². The largest absolute Gasteiger partial charge is 0.328 e. The lowest BCUT2D eigenvalue weighted by atomic mass is 10.0. The molecule has 0 aliphatic carbocycles. The van der Waals surface area contributed by atoms with Gasteiger partial charge in [-0.2, -0.15) is 0 Å². The average Bonchev–Trinajstić information content (AvgIpc) is 2.72. The van der Waals surface area contributed by atoms with Crippen LogP contribution in [-0.4, -0.2) is 19.0 Å². The van der Waals surface area contributed by atoms with E-state index in [1.54, 1.807) is 38.6 Å². The number of rotatable bonds is 2. The number of aryl methyl sites for hydroxylation is 2. The highest BCUT2D eigenvalue weighted by Gasteiger charge is 2.19. The van der Waals surface area contributed by atoms with Crippen molar-refractivity contribution in [2.24, 2.45) is 14.1 Å². The van der Waals surface area contributed by atoms with E-state index in [4.69, 9.17) is 0 Å². The van der Waals surface area contributed by atoms with Crippen LogP contribution in [0.1, 0.15) is 0 Å². The molecule has 3 rings (SSSR count). The molecule has 0 spiro atoms. The van der Waals surface area contributed by atoms with E-state index < -0.39 is 4.92 Å². The van der Waals surface area contributed by atoms with Crippen LogP contribution in [0.25, 0.3) is 22.2 Å². The van der Waals surface area contributed by atoms with Gasteiger partial charge in [-0.25, -0.2) is 4.79 Å². The summed E-state index contributed by atoms with van der Waals surface area (Å²) in [4.78, 5) is 26.7. The maximum Gasteiger partial charge on any atom is 0.328 e. The lowest BCUT2D eigenvalue weighted by Gasteiger charge is -2.05. The standard InChI is InChI=1S/C14H12N4O3/c1-16-12-8-10(18(20)21)7-11(9-3-5-15-6-4-9)13(12)17(2)14(16)19/h3-8H,1-2H3. The van der Waals surface area contributed by atoms with Crippen LogP contribution in [0.2, 0.25) is 0 Å². The topological polar surface area (TPSA) is 83.0 Å².